The van der Waals surface area contributed by atoms with Gasteiger partial charge in [-0.2, -0.15) is 0 Å². The van der Waals surface area contributed by atoms with Crippen LogP contribution in [0.25, 0.3) is 10.9 Å². The van der Waals surface area contributed by atoms with Gasteiger partial charge < -0.3 is 19.7 Å². The Morgan fingerprint density at radius 2 is 1.83 bits per heavy atom. The second-order valence-corrected chi connectivity index (χ2v) is 10.8. The summed E-state index contributed by atoms with van der Waals surface area (Å²) < 4.78 is 45.6. The van der Waals surface area contributed by atoms with Gasteiger partial charge in [0.15, 0.2) is 15.6 Å². The third kappa shape index (κ3) is 5.66. The lowest BCUT2D eigenvalue weighted by Crippen LogP contribution is -2.32. The number of carbonyl (C=O) groups excluding carboxylic acids is 2. The highest BCUT2D eigenvalue weighted by molar-refractivity contribution is 7.92. The summed E-state index contributed by atoms with van der Waals surface area (Å²) in [5.74, 6) is -2.74. The van der Waals surface area contributed by atoms with Crippen LogP contribution in [0.15, 0.2) is 41.3 Å². The van der Waals surface area contributed by atoms with Crippen molar-refractivity contribution in [1.29, 1.82) is 0 Å². The van der Waals surface area contributed by atoms with Crippen molar-refractivity contribution in [3.8, 4) is 0 Å². The van der Waals surface area contributed by atoms with Gasteiger partial charge in [0, 0.05) is 12.4 Å². The summed E-state index contributed by atoms with van der Waals surface area (Å²) in [5.41, 5.74) is 1.57. The van der Waals surface area contributed by atoms with Crippen LogP contribution in [0, 0.1) is 12.7 Å². The standard InChI is InChI=1S/C24H26ClFN2O6S/c1-13(2)34-21(30)12-35(32,33)16-7-5-15(6-8-16)18(11-29)27-24(31)20-10-17-19(28(20)4)9-14(3)23(26)22(17)25/h5-10,13,18,29H,11-12H2,1-4H3,(H,27,31)/t18-/m1/s1. The molecule has 0 aliphatic rings. The first-order valence-electron chi connectivity index (χ1n) is 10.7. The van der Waals surface area contributed by atoms with Gasteiger partial charge in [-0.1, -0.05) is 23.7 Å². The van der Waals surface area contributed by atoms with Crippen LogP contribution in [0.5, 0.6) is 0 Å². The minimum absolute atomic E-state index is 0.0811. The first kappa shape index (κ1) is 26.7. The number of aliphatic hydroxyl groups is 1. The quantitative estimate of drug-likeness (QED) is 0.436. The van der Waals surface area contributed by atoms with Gasteiger partial charge in [0.05, 0.1) is 34.2 Å². The molecule has 0 aliphatic heterocycles. The Labute approximate surface area is 207 Å². The number of rotatable bonds is 8. The molecule has 0 unspecified atom stereocenters. The van der Waals surface area contributed by atoms with Gasteiger partial charge in [-0.3, -0.25) is 9.59 Å². The minimum atomic E-state index is -3.92. The molecule has 2 aromatic carbocycles. The Balaban J connectivity index is 1.81. The molecule has 0 aliphatic carbocycles. The Morgan fingerprint density at radius 3 is 2.40 bits per heavy atom. The number of esters is 1. The fraction of sp³-hybridized carbons (Fsp3) is 0.333. The molecular weight excluding hydrogens is 499 g/mol. The molecule has 3 aromatic rings. The van der Waals surface area contributed by atoms with E-state index in [9.17, 15) is 27.5 Å². The van der Waals surface area contributed by atoms with Crippen LogP contribution in [0.3, 0.4) is 0 Å². The summed E-state index contributed by atoms with van der Waals surface area (Å²) in [6.45, 7) is 4.35. The average molecular weight is 525 g/mol. The number of hydrogen-bond donors (Lipinski definition) is 2. The molecule has 1 atom stereocenters. The fourth-order valence-corrected chi connectivity index (χ4v) is 5.05. The molecule has 35 heavy (non-hydrogen) atoms. The molecule has 8 nitrogen and oxygen atoms in total. The van der Waals surface area contributed by atoms with Crippen LogP contribution in [0.4, 0.5) is 4.39 Å². The second kappa shape index (κ2) is 10.3. The minimum Gasteiger partial charge on any atom is -0.462 e. The molecule has 1 amide bonds. The van der Waals surface area contributed by atoms with Gasteiger partial charge in [0.25, 0.3) is 5.91 Å². The average Bonchev–Trinajstić information content (AvgIpc) is 3.11. The Morgan fingerprint density at radius 1 is 1.20 bits per heavy atom. The van der Waals surface area contributed by atoms with Crippen molar-refractivity contribution in [3.05, 3.63) is 64.1 Å². The van der Waals surface area contributed by atoms with Crippen LogP contribution in [0.2, 0.25) is 5.02 Å². The number of halogens is 2. The molecule has 2 N–H and O–H groups in total. The summed E-state index contributed by atoms with van der Waals surface area (Å²) in [6.07, 6.45) is -0.435. The molecule has 0 spiro atoms. The molecule has 0 fully saturated rings. The molecular formula is C24H26ClFN2O6S. The first-order chi connectivity index (χ1) is 16.4. The third-order valence-electron chi connectivity index (χ3n) is 5.45. The monoisotopic (exact) mass is 524 g/mol. The molecule has 0 bridgehead atoms. The number of fused-ring (bicyclic) bond motifs is 1. The Kier molecular flexibility index (Phi) is 7.88. The van der Waals surface area contributed by atoms with E-state index in [1.807, 2.05) is 0 Å². The maximum absolute atomic E-state index is 14.2. The summed E-state index contributed by atoms with van der Waals surface area (Å²) in [4.78, 5) is 24.6. The Hall–Kier alpha value is -2.95. The number of nitrogens with one attached hydrogen (secondary N) is 1. The van der Waals surface area contributed by atoms with E-state index in [0.29, 0.717) is 22.0 Å². The van der Waals surface area contributed by atoms with Crippen molar-refractivity contribution in [2.24, 2.45) is 7.05 Å². The van der Waals surface area contributed by atoms with Gasteiger partial charge >= 0.3 is 5.97 Å². The summed E-state index contributed by atoms with van der Waals surface area (Å²) in [5, 5.41) is 12.9. The maximum atomic E-state index is 14.2. The van der Waals surface area contributed by atoms with Crippen molar-refractivity contribution >= 4 is 44.2 Å². The maximum Gasteiger partial charge on any atom is 0.321 e. The summed E-state index contributed by atoms with van der Waals surface area (Å²) in [7, 11) is -2.28. The van der Waals surface area contributed by atoms with Crippen molar-refractivity contribution < 1.29 is 32.2 Å². The van der Waals surface area contributed by atoms with Gasteiger partial charge in [-0.15, -0.1) is 0 Å². The normalized spacial score (nSPS) is 12.7. The highest BCUT2D eigenvalue weighted by Crippen LogP contribution is 2.31. The summed E-state index contributed by atoms with van der Waals surface area (Å²) >= 11 is 6.12. The predicted molar refractivity (Wildman–Crippen MR) is 130 cm³/mol. The SMILES string of the molecule is Cc1cc2c(cc(C(=O)N[C@H](CO)c3ccc(S(=O)(=O)CC(=O)OC(C)C)cc3)n2C)c(Cl)c1F. The molecule has 11 heteroatoms. The number of sulfone groups is 1. The van der Waals surface area contributed by atoms with Crippen LogP contribution < -0.4 is 5.32 Å². The van der Waals surface area contributed by atoms with Crippen molar-refractivity contribution in [2.75, 3.05) is 12.4 Å². The van der Waals surface area contributed by atoms with Crippen molar-refractivity contribution in [3.63, 3.8) is 0 Å². The van der Waals surface area contributed by atoms with E-state index in [-0.39, 0.29) is 15.6 Å². The summed E-state index contributed by atoms with van der Waals surface area (Å²) in [6, 6.07) is 7.69. The molecule has 188 valence electrons. The van der Waals surface area contributed by atoms with E-state index in [1.165, 1.54) is 30.3 Å². The number of aliphatic hydroxyl groups excluding tert-OH is 1. The zero-order chi connectivity index (χ0) is 26.1. The van der Waals surface area contributed by atoms with Crippen molar-refractivity contribution in [2.45, 2.75) is 37.8 Å². The number of hydrogen-bond acceptors (Lipinski definition) is 6. The first-order valence-corrected chi connectivity index (χ1v) is 12.8. The van der Waals surface area contributed by atoms with E-state index in [1.54, 1.807) is 38.5 Å². The molecule has 0 saturated carbocycles. The number of aromatic nitrogens is 1. The largest absolute Gasteiger partial charge is 0.462 e. The number of aryl methyl sites for hydroxylation is 2. The molecule has 3 rings (SSSR count). The number of ether oxygens (including phenoxy) is 1. The van der Waals surface area contributed by atoms with Crippen LogP contribution in [0.1, 0.15) is 41.5 Å². The topological polar surface area (TPSA) is 115 Å². The lowest BCUT2D eigenvalue weighted by atomic mass is 10.1. The van der Waals surface area contributed by atoms with E-state index >= 15 is 0 Å². The van der Waals surface area contributed by atoms with Gasteiger partial charge in [0.2, 0.25) is 0 Å². The number of benzene rings is 2. The highest BCUT2D eigenvalue weighted by atomic mass is 35.5. The fourth-order valence-electron chi connectivity index (χ4n) is 3.66. The van der Waals surface area contributed by atoms with Gasteiger partial charge in [-0.05, 0) is 56.2 Å². The smallest absolute Gasteiger partial charge is 0.321 e. The Bertz CT molecular complexity index is 1380. The van der Waals surface area contributed by atoms with Gasteiger partial charge in [-0.25, -0.2) is 12.8 Å². The number of carbonyl (C=O) groups is 2. The van der Waals surface area contributed by atoms with Crippen LogP contribution in [-0.4, -0.2) is 48.4 Å². The lowest BCUT2D eigenvalue weighted by Gasteiger charge is -2.17. The zero-order valence-corrected chi connectivity index (χ0v) is 21.2. The lowest BCUT2D eigenvalue weighted by molar-refractivity contribution is -0.144. The zero-order valence-electron chi connectivity index (χ0n) is 19.6. The number of nitrogens with zero attached hydrogens (tertiary/aromatic N) is 1. The van der Waals surface area contributed by atoms with Crippen molar-refractivity contribution in [1.82, 2.24) is 9.88 Å². The van der Waals surface area contributed by atoms with E-state index in [2.05, 4.69) is 5.32 Å². The highest BCUT2D eigenvalue weighted by Gasteiger charge is 2.24. The predicted octanol–water partition coefficient (Wildman–Crippen LogP) is 3.47. The van der Waals surface area contributed by atoms with Crippen LogP contribution in [-0.2, 0) is 26.4 Å². The van der Waals surface area contributed by atoms with E-state index < -0.39 is 52.0 Å². The van der Waals surface area contributed by atoms with Gasteiger partial charge in [0.1, 0.15) is 11.5 Å². The number of amides is 1. The molecule has 1 heterocycles. The van der Waals surface area contributed by atoms with Crippen LogP contribution >= 0.6 is 11.6 Å². The second-order valence-electron chi connectivity index (χ2n) is 8.42. The van der Waals surface area contributed by atoms with E-state index in [4.69, 9.17) is 16.3 Å². The molecule has 0 saturated heterocycles. The van der Waals surface area contributed by atoms with E-state index in [0.717, 1.165) is 0 Å². The molecule has 0 radical (unpaired) electrons. The third-order valence-corrected chi connectivity index (χ3v) is 7.42. The molecule has 1 aromatic heterocycles.